The van der Waals surface area contributed by atoms with Crippen molar-refractivity contribution in [2.45, 2.75) is 76.5 Å². The molecule has 2 unspecified atom stereocenters. The molecule has 0 aromatic heterocycles. The minimum Gasteiger partial charge on any atom is -0.481 e. The number of rotatable bonds is 6. The fourth-order valence-electron chi connectivity index (χ4n) is 3.31. The molecule has 2 rings (SSSR count). The standard InChI is InChI=1S/C15H25NO4/c1-2-13(20-12-7-3-4-8-12)15(19)16-9-5-6-11(16)10-14(17)18/h11-13H,2-10H2,1H3,(H,17,18). The second kappa shape index (κ2) is 7.07. The van der Waals surface area contributed by atoms with Gasteiger partial charge in [-0.15, -0.1) is 0 Å². The van der Waals surface area contributed by atoms with E-state index in [9.17, 15) is 9.59 Å². The molecule has 1 saturated heterocycles. The van der Waals surface area contributed by atoms with Crippen LogP contribution in [0.3, 0.4) is 0 Å². The van der Waals surface area contributed by atoms with Crippen molar-refractivity contribution in [1.82, 2.24) is 4.90 Å². The largest absolute Gasteiger partial charge is 0.481 e. The molecule has 0 spiro atoms. The van der Waals surface area contributed by atoms with Crippen LogP contribution in [0.25, 0.3) is 0 Å². The van der Waals surface area contributed by atoms with Crippen molar-refractivity contribution in [3.8, 4) is 0 Å². The summed E-state index contributed by atoms with van der Waals surface area (Å²) in [6, 6.07) is -0.152. The summed E-state index contributed by atoms with van der Waals surface area (Å²) in [5.41, 5.74) is 0. The minimum absolute atomic E-state index is 0.0110. The highest BCUT2D eigenvalue weighted by Crippen LogP contribution is 2.26. The van der Waals surface area contributed by atoms with Gasteiger partial charge in [0.15, 0.2) is 0 Å². The van der Waals surface area contributed by atoms with Crippen molar-refractivity contribution < 1.29 is 19.4 Å². The van der Waals surface area contributed by atoms with Crippen LogP contribution >= 0.6 is 0 Å². The van der Waals surface area contributed by atoms with Gasteiger partial charge >= 0.3 is 5.97 Å². The first-order valence-electron chi connectivity index (χ1n) is 7.79. The van der Waals surface area contributed by atoms with E-state index in [-0.39, 0.29) is 24.5 Å². The number of hydrogen-bond acceptors (Lipinski definition) is 3. The number of carboxylic acid groups (broad SMARTS) is 1. The van der Waals surface area contributed by atoms with Crippen molar-refractivity contribution in [2.75, 3.05) is 6.54 Å². The predicted molar refractivity (Wildman–Crippen MR) is 74.4 cm³/mol. The highest BCUT2D eigenvalue weighted by molar-refractivity contribution is 5.82. The van der Waals surface area contributed by atoms with Crippen LogP contribution in [0.2, 0.25) is 0 Å². The number of amides is 1. The highest BCUT2D eigenvalue weighted by Gasteiger charge is 2.35. The van der Waals surface area contributed by atoms with Gasteiger partial charge in [0, 0.05) is 12.6 Å². The molecule has 1 aliphatic heterocycles. The third kappa shape index (κ3) is 3.72. The maximum absolute atomic E-state index is 12.6. The van der Waals surface area contributed by atoms with Crippen molar-refractivity contribution in [1.29, 1.82) is 0 Å². The zero-order valence-electron chi connectivity index (χ0n) is 12.2. The summed E-state index contributed by atoms with van der Waals surface area (Å²) in [6.07, 6.45) is 6.65. The maximum Gasteiger partial charge on any atom is 0.305 e. The van der Waals surface area contributed by atoms with Gasteiger partial charge in [-0.05, 0) is 32.1 Å². The Hall–Kier alpha value is -1.10. The molecule has 0 bridgehead atoms. The molecule has 0 aromatic rings. The molecular weight excluding hydrogens is 258 g/mol. The SMILES string of the molecule is CCC(OC1CCCC1)C(=O)N1CCCC1CC(=O)O. The number of nitrogens with zero attached hydrogens (tertiary/aromatic N) is 1. The molecule has 1 amide bonds. The predicted octanol–water partition coefficient (Wildman–Crippen LogP) is 2.19. The fraction of sp³-hybridized carbons (Fsp3) is 0.867. The van der Waals surface area contributed by atoms with Crippen LogP contribution in [0.5, 0.6) is 0 Å². The average molecular weight is 283 g/mol. The first-order valence-corrected chi connectivity index (χ1v) is 7.79. The molecule has 114 valence electrons. The summed E-state index contributed by atoms with van der Waals surface area (Å²) in [5, 5.41) is 8.93. The van der Waals surface area contributed by atoms with Gasteiger partial charge in [0.05, 0.1) is 12.5 Å². The molecule has 2 atom stereocenters. The summed E-state index contributed by atoms with van der Waals surface area (Å²) in [6.45, 7) is 2.63. The smallest absolute Gasteiger partial charge is 0.305 e. The van der Waals surface area contributed by atoms with Crippen LogP contribution in [0, 0.1) is 0 Å². The van der Waals surface area contributed by atoms with E-state index >= 15 is 0 Å². The van der Waals surface area contributed by atoms with Crippen molar-refractivity contribution in [3.05, 3.63) is 0 Å². The van der Waals surface area contributed by atoms with Crippen LogP contribution in [0.15, 0.2) is 0 Å². The lowest BCUT2D eigenvalue weighted by molar-refractivity contribution is -0.150. The zero-order chi connectivity index (χ0) is 14.5. The molecule has 20 heavy (non-hydrogen) atoms. The topological polar surface area (TPSA) is 66.8 Å². The summed E-state index contributed by atoms with van der Waals surface area (Å²) in [7, 11) is 0. The minimum atomic E-state index is -0.834. The van der Waals surface area contributed by atoms with E-state index in [1.807, 2.05) is 6.92 Å². The van der Waals surface area contributed by atoms with E-state index in [0.29, 0.717) is 13.0 Å². The summed E-state index contributed by atoms with van der Waals surface area (Å²) < 4.78 is 5.95. The molecule has 5 nitrogen and oxygen atoms in total. The van der Waals surface area contributed by atoms with Crippen LogP contribution in [0.4, 0.5) is 0 Å². The first-order chi connectivity index (χ1) is 9.61. The molecule has 1 heterocycles. The van der Waals surface area contributed by atoms with Gasteiger partial charge < -0.3 is 14.7 Å². The number of carbonyl (C=O) groups excluding carboxylic acids is 1. The van der Waals surface area contributed by atoms with Crippen LogP contribution in [-0.4, -0.2) is 46.7 Å². The lowest BCUT2D eigenvalue weighted by Crippen LogP contribution is -2.44. The van der Waals surface area contributed by atoms with Gasteiger partial charge in [0.1, 0.15) is 6.10 Å². The second-order valence-electron chi connectivity index (χ2n) is 5.86. The Kier molecular flexibility index (Phi) is 5.40. The van der Waals surface area contributed by atoms with Crippen molar-refractivity contribution in [2.24, 2.45) is 0 Å². The van der Waals surface area contributed by atoms with Gasteiger partial charge in [-0.25, -0.2) is 0 Å². The van der Waals surface area contributed by atoms with Gasteiger partial charge in [-0.3, -0.25) is 9.59 Å². The molecule has 1 saturated carbocycles. The fourth-order valence-corrected chi connectivity index (χ4v) is 3.31. The zero-order valence-corrected chi connectivity index (χ0v) is 12.2. The van der Waals surface area contributed by atoms with Crippen LogP contribution in [0.1, 0.15) is 58.3 Å². The second-order valence-corrected chi connectivity index (χ2v) is 5.86. The van der Waals surface area contributed by atoms with E-state index in [0.717, 1.165) is 25.7 Å². The molecule has 2 fully saturated rings. The van der Waals surface area contributed by atoms with Crippen LogP contribution < -0.4 is 0 Å². The number of ether oxygens (including phenoxy) is 1. The first kappa shape index (κ1) is 15.3. The molecule has 5 heteroatoms. The van der Waals surface area contributed by atoms with E-state index in [4.69, 9.17) is 9.84 Å². The van der Waals surface area contributed by atoms with Gasteiger partial charge in [-0.1, -0.05) is 19.8 Å². The lowest BCUT2D eigenvalue weighted by Gasteiger charge is -2.29. The molecule has 2 aliphatic rings. The summed E-state index contributed by atoms with van der Waals surface area (Å²) in [5.74, 6) is -0.845. The third-order valence-corrected chi connectivity index (χ3v) is 4.38. The molecule has 1 N–H and O–H groups in total. The Labute approximate surface area is 120 Å². The van der Waals surface area contributed by atoms with E-state index in [2.05, 4.69) is 0 Å². The highest BCUT2D eigenvalue weighted by atomic mass is 16.5. The quantitative estimate of drug-likeness (QED) is 0.811. The normalized spacial score (nSPS) is 25.1. The number of carbonyl (C=O) groups is 2. The number of aliphatic carboxylic acids is 1. The number of hydrogen-bond donors (Lipinski definition) is 1. The monoisotopic (exact) mass is 283 g/mol. The maximum atomic E-state index is 12.6. The van der Waals surface area contributed by atoms with E-state index < -0.39 is 12.1 Å². The molecule has 0 radical (unpaired) electrons. The Balaban J connectivity index is 1.94. The molecule has 1 aliphatic carbocycles. The molecule has 0 aromatic carbocycles. The van der Waals surface area contributed by atoms with Crippen molar-refractivity contribution in [3.63, 3.8) is 0 Å². The van der Waals surface area contributed by atoms with E-state index in [1.165, 1.54) is 12.8 Å². The van der Waals surface area contributed by atoms with Crippen LogP contribution in [-0.2, 0) is 14.3 Å². The Bertz CT molecular complexity index is 352. The van der Waals surface area contributed by atoms with Gasteiger partial charge in [0.2, 0.25) is 0 Å². The Morgan fingerprint density at radius 3 is 2.55 bits per heavy atom. The Morgan fingerprint density at radius 2 is 1.95 bits per heavy atom. The number of likely N-dealkylation sites (tertiary alicyclic amines) is 1. The summed E-state index contributed by atoms with van der Waals surface area (Å²) >= 11 is 0. The lowest BCUT2D eigenvalue weighted by atomic mass is 10.1. The summed E-state index contributed by atoms with van der Waals surface area (Å²) in [4.78, 5) is 25.2. The van der Waals surface area contributed by atoms with Crippen molar-refractivity contribution >= 4 is 11.9 Å². The average Bonchev–Trinajstić information content (AvgIpc) is 3.05. The number of carboxylic acids is 1. The van der Waals surface area contributed by atoms with Gasteiger partial charge in [0.25, 0.3) is 5.91 Å². The van der Waals surface area contributed by atoms with Gasteiger partial charge in [-0.2, -0.15) is 0 Å². The molecular formula is C15H25NO4. The van der Waals surface area contributed by atoms with E-state index in [1.54, 1.807) is 4.90 Å². The third-order valence-electron chi connectivity index (χ3n) is 4.38. The Morgan fingerprint density at radius 1 is 1.25 bits per heavy atom.